The highest BCUT2D eigenvalue weighted by Gasteiger charge is 2.05. The first kappa shape index (κ1) is 8.12. The maximum atomic E-state index is 10.1. The molecule has 0 bridgehead atoms. The Kier molecular flexibility index (Phi) is 2.32. The lowest BCUT2D eigenvalue weighted by atomic mass is 10.4. The normalized spacial score (nSPS) is 10.3. The average molecular weight is 166 g/mol. The van der Waals surface area contributed by atoms with Crippen molar-refractivity contribution < 1.29 is 4.92 Å². The molecular formula is C6H6N4O2. The van der Waals surface area contributed by atoms with E-state index in [1.54, 1.807) is 0 Å². The third-order valence-corrected chi connectivity index (χ3v) is 1.11. The van der Waals surface area contributed by atoms with Crippen LogP contribution in [-0.2, 0) is 0 Å². The summed E-state index contributed by atoms with van der Waals surface area (Å²) in [6, 6.07) is 0. The number of nitrogens with zero attached hydrogens (tertiary/aromatic N) is 3. The predicted molar refractivity (Wildman–Crippen MR) is 41.9 cm³/mol. The molecule has 0 unspecified atom stereocenters. The van der Waals surface area contributed by atoms with E-state index in [0.29, 0.717) is 5.69 Å². The van der Waals surface area contributed by atoms with Crippen LogP contribution in [0, 0.1) is 10.1 Å². The number of nitro groups is 1. The molecule has 0 aromatic carbocycles. The van der Waals surface area contributed by atoms with Crippen LogP contribution in [0.2, 0.25) is 0 Å². The maximum Gasteiger partial charge on any atom is 0.382 e. The van der Waals surface area contributed by atoms with Gasteiger partial charge in [0.2, 0.25) is 0 Å². The van der Waals surface area contributed by atoms with Crippen LogP contribution in [0.3, 0.4) is 0 Å². The number of rotatable bonds is 2. The Bertz CT molecular complexity index is 306. The molecule has 1 heterocycles. The molecule has 0 aliphatic heterocycles. The van der Waals surface area contributed by atoms with Crippen LogP contribution < -0.4 is 5.73 Å². The zero-order valence-corrected chi connectivity index (χ0v) is 6.04. The fourth-order valence-corrected chi connectivity index (χ4v) is 0.610. The van der Waals surface area contributed by atoms with Gasteiger partial charge in [-0.05, 0) is 22.2 Å². The molecule has 6 heteroatoms. The fraction of sp³-hybridized carbons (Fsp3) is 0. The van der Waals surface area contributed by atoms with Gasteiger partial charge in [-0.15, -0.1) is 0 Å². The molecule has 0 spiro atoms. The van der Waals surface area contributed by atoms with E-state index in [0.717, 1.165) is 6.20 Å². The molecular weight excluding hydrogens is 160 g/mol. The van der Waals surface area contributed by atoms with Gasteiger partial charge in [0.25, 0.3) is 0 Å². The molecule has 0 atom stereocenters. The Balaban J connectivity index is 2.93. The Morgan fingerprint density at radius 3 is 2.67 bits per heavy atom. The summed E-state index contributed by atoms with van der Waals surface area (Å²) >= 11 is 0. The monoisotopic (exact) mass is 166 g/mol. The van der Waals surface area contributed by atoms with Crippen molar-refractivity contribution in [1.29, 1.82) is 0 Å². The summed E-state index contributed by atoms with van der Waals surface area (Å²) in [6.07, 6.45) is 5.14. The van der Waals surface area contributed by atoms with Gasteiger partial charge in [0, 0.05) is 0 Å². The summed E-state index contributed by atoms with van der Waals surface area (Å²) in [4.78, 5) is 16.8. The fourth-order valence-electron chi connectivity index (χ4n) is 0.610. The van der Waals surface area contributed by atoms with Gasteiger partial charge in [0.15, 0.2) is 6.20 Å². The van der Waals surface area contributed by atoms with Gasteiger partial charge in [-0.3, -0.25) is 0 Å². The lowest BCUT2D eigenvalue weighted by Gasteiger charge is -1.90. The van der Waals surface area contributed by atoms with Crippen molar-refractivity contribution in [3.05, 3.63) is 34.4 Å². The predicted octanol–water partition coefficient (Wildman–Crippen LogP) is 0.314. The van der Waals surface area contributed by atoms with Crippen molar-refractivity contribution in [2.24, 2.45) is 5.73 Å². The van der Waals surface area contributed by atoms with Gasteiger partial charge in [-0.2, -0.15) is 0 Å². The molecule has 1 aromatic heterocycles. The second kappa shape index (κ2) is 3.42. The lowest BCUT2D eigenvalue weighted by molar-refractivity contribution is -0.389. The standard InChI is InChI=1S/C6H6N4O2/c7-2-1-5-3-9-6(4-8-5)10(11)12/h1-4H,7H2/b2-1+. The summed E-state index contributed by atoms with van der Waals surface area (Å²) in [5, 5.41) is 10.1. The minimum Gasteiger partial charge on any atom is -0.405 e. The SMILES string of the molecule is N/C=C/c1cnc([N+](=O)[O-])cn1. The molecule has 0 saturated heterocycles. The number of hydrogen-bond acceptors (Lipinski definition) is 5. The summed E-state index contributed by atoms with van der Waals surface area (Å²) in [7, 11) is 0. The minimum absolute atomic E-state index is 0.274. The topological polar surface area (TPSA) is 94.9 Å². The zero-order valence-electron chi connectivity index (χ0n) is 6.04. The summed E-state index contributed by atoms with van der Waals surface area (Å²) in [6.45, 7) is 0. The van der Waals surface area contributed by atoms with Gasteiger partial charge in [0.05, 0.1) is 0 Å². The van der Waals surface area contributed by atoms with E-state index in [9.17, 15) is 10.1 Å². The molecule has 0 aliphatic rings. The summed E-state index contributed by atoms with van der Waals surface area (Å²) < 4.78 is 0. The highest BCUT2D eigenvalue weighted by Crippen LogP contribution is 2.03. The minimum atomic E-state index is -0.608. The summed E-state index contributed by atoms with van der Waals surface area (Å²) in [5.41, 5.74) is 5.57. The lowest BCUT2D eigenvalue weighted by Crippen LogP contribution is -1.93. The van der Waals surface area contributed by atoms with Crippen molar-refractivity contribution in [3.8, 4) is 0 Å². The van der Waals surface area contributed by atoms with Crippen molar-refractivity contribution >= 4 is 11.9 Å². The van der Waals surface area contributed by atoms with Gasteiger partial charge >= 0.3 is 5.82 Å². The molecule has 0 fully saturated rings. The molecule has 12 heavy (non-hydrogen) atoms. The second-order valence-corrected chi connectivity index (χ2v) is 1.92. The van der Waals surface area contributed by atoms with Crippen LogP contribution in [0.1, 0.15) is 5.69 Å². The van der Waals surface area contributed by atoms with E-state index in [1.807, 2.05) is 0 Å². The Labute approximate surface area is 67.9 Å². The van der Waals surface area contributed by atoms with E-state index < -0.39 is 4.92 Å². The number of nitrogens with two attached hydrogens (primary N) is 1. The summed E-state index contributed by atoms with van der Waals surface area (Å²) in [5.74, 6) is -0.274. The first-order valence-corrected chi connectivity index (χ1v) is 3.09. The quantitative estimate of drug-likeness (QED) is 0.504. The van der Waals surface area contributed by atoms with E-state index in [-0.39, 0.29) is 5.82 Å². The number of hydrogen-bond donors (Lipinski definition) is 1. The molecule has 1 aromatic rings. The van der Waals surface area contributed by atoms with E-state index in [4.69, 9.17) is 5.73 Å². The van der Waals surface area contributed by atoms with Crippen LogP contribution in [-0.4, -0.2) is 14.9 Å². The van der Waals surface area contributed by atoms with Crippen molar-refractivity contribution in [2.75, 3.05) is 0 Å². The molecule has 2 N–H and O–H groups in total. The van der Waals surface area contributed by atoms with Crippen molar-refractivity contribution in [1.82, 2.24) is 9.97 Å². The van der Waals surface area contributed by atoms with Gasteiger partial charge in [0.1, 0.15) is 11.9 Å². The van der Waals surface area contributed by atoms with Crippen LogP contribution in [0.15, 0.2) is 18.6 Å². The number of aromatic nitrogens is 2. The maximum absolute atomic E-state index is 10.1. The first-order valence-electron chi connectivity index (χ1n) is 3.09. The molecule has 62 valence electrons. The molecule has 0 saturated carbocycles. The third kappa shape index (κ3) is 1.75. The van der Waals surface area contributed by atoms with Crippen molar-refractivity contribution in [2.45, 2.75) is 0 Å². The molecule has 0 radical (unpaired) electrons. The average Bonchev–Trinajstić information content (AvgIpc) is 2.06. The molecule has 0 amide bonds. The van der Waals surface area contributed by atoms with E-state index >= 15 is 0 Å². The molecule has 0 aliphatic carbocycles. The smallest absolute Gasteiger partial charge is 0.382 e. The molecule has 6 nitrogen and oxygen atoms in total. The highest BCUT2D eigenvalue weighted by molar-refractivity contribution is 5.42. The third-order valence-electron chi connectivity index (χ3n) is 1.11. The largest absolute Gasteiger partial charge is 0.405 e. The van der Waals surface area contributed by atoms with Crippen LogP contribution >= 0.6 is 0 Å². The van der Waals surface area contributed by atoms with Gasteiger partial charge < -0.3 is 15.8 Å². The Hall–Kier alpha value is -1.98. The zero-order chi connectivity index (χ0) is 8.97. The van der Waals surface area contributed by atoms with Gasteiger partial charge in [-0.1, -0.05) is 0 Å². The first-order chi connectivity index (χ1) is 5.74. The van der Waals surface area contributed by atoms with E-state index in [2.05, 4.69) is 9.97 Å². The van der Waals surface area contributed by atoms with E-state index in [1.165, 1.54) is 18.5 Å². The van der Waals surface area contributed by atoms with Gasteiger partial charge in [-0.25, -0.2) is 4.98 Å². The highest BCUT2D eigenvalue weighted by atomic mass is 16.6. The van der Waals surface area contributed by atoms with Crippen LogP contribution in [0.5, 0.6) is 0 Å². The second-order valence-electron chi connectivity index (χ2n) is 1.92. The van der Waals surface area contributed by atoms with Crippen LogP contribution in [0.4, 0.5) is 5.82 Å². The Morgan fingerprint density at radius 2 is 2.25 bits per heavy atom. The van der Waals surface area contributed by atoms with Crippen molar-refractivity contribution in [3.63, 3.8) is 0 Å². The van der Waals surface area contributed by atoms with Crippen LogP contribution in [0.25, 0.3) is 6.08 Å². The molecule has 1 rings (SSSR count). The Morgan fingerprint density at radius 1 is 1.50 bits per heavy atom.